The molecule has 3 N–H and O–H groups in total. The number of para-hydroxylation sites is 1. The van der Waals surface area contributed by atoms with Crippen LogP contribution in [0.2, 0.25) is 0 Å². The van der Waals surface area contributed by atoms with E-state index in [4.69, 9.17) is 15.2 Å². The van der Waals surface area contributed by atoms with E-state index < -0.39 is 0 Å². The van der Waals surface area contributed by atoms with Gasteiger partial charge in [0.05, 0.1) is 23.6 Å². The number of nitrogens with one attached hydrogen (secondary N) is 1. The second-order valence-corrected chi connectivity index (χ2v) is 5.37. The van der Waals surface area contributed by atoms with Crippen LogP contribution >= 0.6 is 0 Å². The highest BCUT2D eigenvalue weighted by Gasteiger charge is 2.23. The molecule has 0 radical (unpaired) electrons. The lowest BCUT2D eigenvalue weighted by Gasteiger charge is -2.23. The van der Waals surface area contributed by atoms with Crippen molar-refractivity contribution in [3.63, 3.8) is 0 Å². The highest BCUT2D eigenvalue weighted by Crippen LogP contribution is 2.31. The summed E-state index contributed by atoms with van der Waals surface area (Å²) >= 11 is 0. The van der Waals surface area contributed by atoms with E-state index in [0.717, 1.165) is 30.9 Å². The second-order valence-electron chi connectivity index (χ2n) is 5.37. The minimum atomic E-state index is 0.119. The molecule has 0 spiro atoms. The normalized spacial score (nSPS) is 20.5. The number of rotatable bonds is 5. The first-order valence-electron chi connectivity index (χ1n) is 7.01. The fourth-order valence-electron chi connectivity index (χ4n) is 2.36. The standard InChI is InChI=1S/C15H24N2O2/c1-10(2)19-14-7-4-6-12(15(14)16)17-11(3)13-8-5-9-18-13/h4,6-7,10-11,13,17H,5,8-9,16H2,1-3H3. The topological polar surface area (TPSA) is 56.5 Å². The van der Waals surface area contributed by atoms with Crippen LogP contribution in [0.25, 0.3) is 0 Å². The van der Waals surface area contributed by atoms with Crippen LogP contribution in [0.15, 0.2) is 18.2 Å². The van der Waals surface area contributed by atoms with E-state index in [1.54, 1.807) is 0 Å². The maximum absolute atomic E-state index is 6.15. The fraction of sp³-hybridized carbons (Fsp3) is 0.600. The quantitative estimate of drug-likeness (QED) is 0.803. The van der Waals surface area contributed by atoms with Crippen molar-refractivity contribution in [2.24, 2.45) is 0 Å². The summed E-state index contributed by atoms with van der Waals surface area (Å²) in [5.41, 5.74) is 7.74. The fourth-order valence-corrected chi connectivity index (χ4v) is 2.36. The van der Waals surface area contributed by atoms with E-state index in [0.29, 0.717) is 5.69 Å². The van der Waals surface area contributed by atoms with Gasteiger partial charge in [-0.1, -0.05) is 6.07 Å². The lowest BCUT2D eigenvalue weighted by atomic mass is 10.1. The van der Waals surface area contributed by atoms with E-state index in [1.165, 1.54) is 0 Å². The minimum absolute atomic E-state index is 0.119. The third kappa shape index (κ3) is 3.53. The Kier molecular flexibility index (Phi) is 4.53. The Hall–Kier alpha value is -1.42. The third-order valence-corrected chi connectivity index (χ3v) is 3.33. The average Bonchev–Trinajstić information content (AvgIpc) is 2.87. The summed E-state index contributed by atoms with van der Waals surface area (Å²) in [5, 5.41) is 3.44. The summed E-state index contributed by atoms with van der Waals surface area (Å²) < 4.78 is 11.4. The molecule has 0 saturated carbocycles. The van der Waals surface area contributed by atoms with Gasteiger partial charge in [0.15, 0.2) is 0 Å². The molecular weight excluding hydrogens is 240 g/mol. The van der Waals surface area contributed by atoms with Gasteiger partial charge in [-0.2, -0.15) is 0 Å². The monoisotopic (exact) mass is 264 g/mol. The number of hydrogen-bond acceptors (Lipinski definition) is 4. The molecule has 2 rings (SSSR count). The van der Waals surface area contributed by atoms with Crippen LogP contribution in [0, 0.1) is 0 Å². The molecule has 0 aromatic heterocycles. The molecular formula is C15H24N2O2. The number of nitrogen functional groups attached to an aromatic ring is 1. The Labute approximate surface area is 115 Å². The molecule has 1 fully saturated rings. The van der Waals surface area contributed by atoms with Crippen LogP contribution in [-0.2, 0) is 4.74 Å². The van der Waals surface area contributed by atoms with E-state index >= 15 is 0 Å². The zero-order chi connectivity index (χ0) is 13.8. The van der Waals surface area contributed by atoms with Gasteiger partial charge >= 0.3 is 0 Å². The molecule has 1 aromatic carbocycles. The van der Waals surface area contributed by atoms with Crippen molar-refractivity contribution in [2.75, 3.05) is 17.7 Å². The number of anilines is 2. The van der Waals surface area contributed by atoms with Crippen LogP contribution in [0.3, 0.4) is 0 Å². The summed E-state index contributed by atoms with van der Waals surface area (Å²) in [6, 6.07) is 6.09. The van der Waals surface area contributed by atoms with Gasteiger partial charge in [-0.3, -0.25) is 0 Å². The molecule has 4 nitrogen and oxygen atoms in total. The molecule has 19 heavy (non-hydrogen) atoms. The Morgan fingerprint density at radius 1 is 1.37 bits per heavy atom. The van der Waals surface area contributed by atoms with Crippen LogP contribution < -0.4 is 15.8 Å². The predicted octanol–water partition coefficient (Wildman–Crippen LogP) is 3.04. The second kappa shape index (κ2) is 6.15. The first-order valence-corrected chi connectivity index (χ1v) is 7.01. The maximum atomic E-state index is 6.15. The van der Waals surface area contributed by atoms with Gasteiger partial charge in [-0.05, 0) is 45.7 Å². The Balaban J connectivity index is 2.07. The van der Waals surface area contributed by atoms with Crippen LogP contribution in [0.5, 0.6) is 5.75 Å². The van der Waals surface area contributed by atoms with E-state index in [1.807, 2.05) is 32.0 Å². The molecule has 1 saturated heterocycles. The average molecular weight is 264 g/mol. The largest absolute Gasteiger partial charge is 0.489 e. The maximum Gasteiger partial charge on any atom is 0.144 e. The summed E-state index contributed by atoms with van der Waals surface area (Å²) in [4.78, 5) is 0. The molecule has 0 bridgehead atoms. The first-order chi connectivity index (χ1) is 9.08. The molecule has 2 unspecified atom stereocenters. The molecule has 1 aliphatic heterocycles. The van der Waals surface area contributed by atoms with Gasteiger partial charge in [0, 0.05) is 12.6 Å². The molecule has 2 atom stereocenters. The van der Waals surface area contributed by atoms with Gasteiger partial charge in [0.2, 0.25) is 0 Å². The third-order valence-electron chi connectivity index (χ3n) is 3.33. The summed E-state index contributed by atoms with van der Waals surface area (Å²) in [6.07, 6.45) is 2.64. The van der Waals surface area contributed by atoms with Crippen molar-refractivity contribution in [1.82, 2.24) is 0 Å². The van der Waals surface area contributed by atoms with Gasteiger partial charge in [0.25, 0.3) is 0 Å². The molecule has 4 heteroatoms. The summed E-state index contributed by atoms with van der Waals surface area (Å²) in [5.74, 6) is 0.736. The molecule has 0 aliphatic carbocycles. The Morgan fingerprint density at radius 2 is 2.16 bits per heavy atom. The van der Waals surface area contributed by atoms with Crippen molar-refractivity contribution >= 4 is 11.4 Å². The zero-order valence-corrected chi connectivity index (χ0v) is 12.0. The first kappa shape index (κ1) is 14.0. The smallest absolute Gasteiger partial charge is 0.144 e. The van der Waals surface area contributed by atoms with E-state index in [9.17, 15) is 0 Å². The highest BCUT2D eigenvalue weighted by molar-refractivity contribution is 5.73. The van der Waals surface area contributed by atoms with Crippen molar-refractivity contribution < 1.29 is 9.47 Å². The lowest BCUT2D eigenvalue weighted by Crippen LogP contribution is -2.30. The lowest BCUT2D eigenvalue weighted by molar-refractivity contribution is 0.0997. The van der Waals surface area contributed by atoms with Crippen LogP contribution in [0.4, 0.5) is 11.4 Å². The number of hydrogen-bond donors (Lipinski definition) is 2. The van der Waals surface area contributed by atoms with Crippen molar-refractivity contribution in [3.05, 3.63) is 18.2 Å². The highest BCUT2D eigenvalue weighted by atomic mass is 16.5. The van der Waals surface area contributed by atoms with Crippen molar-refractivity contribution in [2.45, 2.75) is 51.9 Å². The summed E-state index contributed by atoms with van der Waals surface area (Å²) in [7, 11) is 0. The molecule has 1 aromatic rings. The van der Waals surface area contributed by atoms with Gasteiger partial charge in [-0.25, -0.2) is 0 Å². The van der Waals surface area contributed by atoms with Crippen LogP contribution in [-0.4, -0.2) is 24.9 Å². The zero-order valence-electron chi connectivity index (χ0n) is 12.0. The van der Waals surface area contributed by atoms with Gasteiger partial charge < -0.3 is 20.5 Å². The van der Waals surface area contributed by atoms with Gasteiger partial charge in [-0.15, -0.1) is 0 Å². The molecule has 1 aliphatic rings. The Morgan fingerprint density at radius 3 is 2.79 bits per heavy atom. The minimum Gasteiger partial charge on any atom is -0.489 e. The van der Waals surface area contributed by atoms with Crippen molar-refractivity contribution in [3.8, 4) is 5.75 Å². The van der Waals surface area contributed by atoms with Crippen LogP contribution in [0.1, 0.15) is 33.6 Å². The van der Waals surface area contributed by atoms with E-state index in [2.05, 4.69) is 12.2 Å². The number of nitrogens with two attached hydrogens (primary N) is 1. The SMILES string of the molecule is CC(C)Oc1cccc(NC(C)C2CCCO2)c1N. The molecule has 1 heterocycles. The van der Waals surface area contributed by atoms with E-state index in [-0.39, 0.29) is 18.2 Å². The van der Waals surface area contributed by atoms with Gasteiger partial charge in [0.1, 0.15) is 5.75 Å². The Bertz CT molecular complexity index is 415. The van der Waals surface area contributed by atoms with Crippen molar-refractivity contribution in [1.29, 1.82) is 0 Å². The molecule has 0 amide bonds. The summed E-state index contributed by atoms with van der Waals surface area (Å²) in [6.45, 7) is 6.98. The molecule has 106 valence electrons. The number of benzene rings is 1. The number of ether oxygens (including phenoxy) is 2. The predicted molar refractivity (Wildman–Crippen MR) is 78.7 cm³/mol.